The molecule has 3 aromatic rings. The Morgan fingerprint density at radius 2 is 1.89 bits per heavy atom. The van der Waals surface area contributed by atoms with E-state index in [4.69, 9.17) is 16.3 Å². The second-order valence-corrected chi connectivity index (χ2v) is 5.94. The summed E-state index contributed by atoms with van der Waals surface area (Å²) in [4.78, 5) is 15.0. The van der Waals surface area contributed by atoms with Crippen molar-refractivity contribution >= 4 is 23.2 Å². The first-order chi connectivity index (χ1) is 13.0. The van der Waals surface area contributed by atoms with Crippen molar-refractivity contribution in [1.29, 1.82) is 0 Å². The van der Waals surface area contributed by atoms with Gasteiger partial charge in [-0.1, -0.05) is 23.7 Å². The van der Waals surface area contributed by atoms with Crippen molar-refractivity contribution in [3.05, 3.63) is 65.4 Å². The van der Waals surface area contributed by atoms with Crippen LogP contribution in [0.5, 0.6) is 11.5 Å². The van der Waals surface area contributed by atoms with E-state index in [0.29, 0.717) is 27.6 Å². The Morgan fingerprint density at radius 1 is 1.15 bits per heavy atom. The van der Waals surface area contributed by atoms with Crippen molar-refractivity contribution in [3.63, 3.8) is 0 Å². The monoisotopic (exact) mass is 392 g/mol. The van der Waals surface area contributed by atoms with Crippen molar-refractivity contribution < 1.29 is 23.0 Å². The second-order valence-electron chi connectivity index (χ2n) is 5.50. The third kappa shape index (κ3) is 4.57. The van der Waals surface area contributed by atoms with Crippen LogP contribution in [-0.2, 0) is 0 Å². The van der Waals surface area contributed by atoms with E-state index in [2.05, 4.69) is 15.0 Å². The number of carbonyl (C=O) groups excluding carboxylic acids is 1. The van der Waals surface area contributed by atoms with Gasteiger partial charge in [0.1, 0.15) is 17.2 Å². The number of hydrogen-bond acceptors (Lipinski definition) is 3. The van der Waals surface area contributed by atoms with Crippen molar-refractivity contribution in [1.82, 2.24) is 4.98 Å². The van der Waals surface area contributed by atoms with Gasteiger partial charge in [-0.2, -0.15) is 8.78 Å². The van der Waals surface area contributed by atoms with Crippen LogP contribution in [0.3, 0.4) is 0 Å². The number of ether oxygens (including phenoxy) is 2. The van der Waals surface area contributed by atoms with Gasteiger partial charge in [0.05, 0.1) is 12.1 Å². The Bertz CT molecular complexity index is 942. The van der Waals surface area contributed by atoms with E-state index in [-0.39, 0.29) is 11.4 Å². The number of alkyl halides is 2. The predicted molar refractivity (Wildman–Crippen MR) is 98.8 cm³/mol. The number of rotatable bonds is 6. The molecular formula is C19H15ClF2N2O3. The molecule has 0 fully saturated rings. The minimum atomic E-state index is -2.97. The lowest BCUT2D eigenvalue weighted by molar-refractivity contribution is -0.0494. The molecular weight excluding hydrogens is 378 g/mol. The third-order valence-electron chi connectivity index (χ3n) is 3.75. The van der Waals surface area contributed by atoms with E-state index in [9.17, 15) is 13.6 Å². The number of amides is 1. The first kappa shape index (κ1) is 18.7. The maximum Gasteiger partial charge on any atom is 0.387 e. The first-order valence-corrected chi connectivity index (χ1v) is 8.22. The van der Waals surface area contributed by atoms with Gasteiger partial charge in [-0.15, -0.1) is 0 Å². The summed E-state index contributed by atoms with van der Waals surface area (Å²) < 4.78 is 35.2. The van der Waals surface area contributed by atoms with Crippen LogP contribution in [0.2, 0.25) is 5.02 Å². The molecule has 0 atom stereocenters. The maximum absolute atomic E-state index is 12.7. The highest BCUT2D eigenvalue weighted by Crippen LogP contribution is 2.34. The van der Waals surface area contributed by atoms with Gasteiger partial charge >= 0.3 is 6.61 Å². The van der Waals surface area contributed by atoms with Gasteiger partial charge in [-0.25, -0.2) is 0 Å². The summed E-state index contributed by atoms with van der Waals surface area (Å²) in [5, 5.41) is 3.09. The zero-order valence-corrected chi connectivity index (χ0v) is 14.9. The van der Waals surface area contributed by atoms with Gasteiger partial charge in [0.15, 0.2) is 0 Å². The van der Waals surface area contributed by atoms with Crippen LogP contribution in [-0.4, -0.2) is 24.6 Å². The van der Waals surface area contributed by atoms with Crippen molar-refractivity contribution in [2.75, 3.05) is 12.4 Å². The van der Waals surface area contributed by atoms with E-state index in [0.717, 1.165) is 0 Å². The number of nitrogens with one attached hydrogen (secondary N) is 2. The molecule has 2 N–H and O–H groups in total. The fourth-order valence-electron chi connectivity index (χ4n) is 2.50. The second kappa shape index (κ2) is 8.09. The topological polar surface area (TPSA) is 63.3 Å². The Morgan fingerprint density at radius 3 is 2.48 bits per heavy atom. The minimum absolute atomic E-state index is 0.00363. The van der Waals surface area contributed by atoms with Gasteiger partial charge in [0.25, 0.3) is 5.91 Å². The SMILES string of the molecule is COc1ccc(-c2cc(NC(=O)c3cc(Cl)c[nH]3)ccc2OC(F)F)cc1. The van der Waals surface area contributed by atoms with E-state index in [1.54, 1.807) is 30.3 Å². The molecule has 0 aliphatic rings. The Kier molecular flexibility index (Phi) is 5.61. The molecule has 1 amide bonds. The van der Waals surface area contributed by atoms with Gasteiger partial charge in [0.2, 0.25) is 0 Å². The molecule has 0 radical (unpaired) electrons. The lowest BCUT2D eigenvalue weighted by Crippen LogP contribution is -2.12. The molecule has 0 aliphatic carbocycles. The van der Waals surface area contributed by atoms with E-state index < -0.39 is 12.5 Å². The fraction of sp³-hybridized carbons (Fsp3) is 0.105. The molecule has 27 heavy (non-hydrogen) atoms. The van der Waals surface area contributed by atoms with Crippen molar-refractivity contribution in [2.45, 2.75) is 6.61 Å². The van der Waals surface area contributed by atoms with Gasteiger partial charge in [-0.3, -0.25) is 4.79 Å². The normalized spacial score (nSPS) is 10.7. The highest BCUT2D eigenvalue weighted by atomic mass is 35.5. The Labute approximate surface area is 158 Å². The molecule has 3 rings (SSSR count). The van der Waals surface area contributed by atoms with Gasteiger partial charge in [-0.05, 0) is 42.0 Å². The van der Waals surface area contributed by atoms with Gasteiger partial charge in [0, 0.05) is 17.4 Å². The summed E-state index contributed by atoms with van der Waals surface area (Å²) in [6.45, 7) is -2.97. The molecule has 5 nitrogen and oxygen atoms in total. The predicted octanol–water partition coefficient (Wildman–Crippen LogP) is 5.20. The van der Waals surface area contributed by atoms with Crippen LogP contribution in [0.25, 0.3) is 11.1 Å². The molecule has 0 unspecified atom stereocenters. The lowest BCUT2D eigenvalue weighted by Gasteiger charge is -2.14. The number of aromatic nitrogens is 1. The number of methoxy groups -OCH3 is 1. The quantitative estimate of drug-likeness (QED) is 0.606. The van der Waals surface area contributed by atoms with Crippen LogP contribution in [0, 0.1) is 0 Å². The molecule has 2 aromatic carbocycles. The number of carbonyl (C=O) groups is 1. The number of halogens is 3. The Hall–Kier alpha value is -3.06. The van der Waals surface area contributed by atoms with Crippen LogP contribution < -0.4 is 14.8 Å². The van der Waals surface area contributed by atoms with Crippen LogP contribution in [0.1, 0.15) is 10.5 Å². The summed E-state index contributed by atoms with van der Waals surface area (Å²) >= 11 is 5.80. The van der Waals surface area contributed by atoms with Crippen molar-refractivity contribution in [2.24, 2.45) is 0 Å². The standard InChI is InChI=1S/C19H15ClF2N2O3/c1-26-14-5-2-11(3-6-14)15-9-13(4-7-17(15)27-19(21)22)24-18(25)16-8-12(20)10-23-16/h2-10,19,23H,1H3,(H,24,25). The van der Waals surface area contributed by atoms with E-state index in [1.807, 2.05) is 0 Å². The smallest absolute Gasteiger partial charge is 0.387 e. The fourth-order valence-corrected chi connectivity index (χ4v) is 2.66. The largest absolute Gasteiger partial charge is 0.497 e. The number of H-pyrrole nitrogens is 1. The average molecular weight is 393 g/mol. The number of anilines is 1. The summed E-state index contributed by atoms with van der Waals surface area (Å²) in [6, 6.07) is 12.7. The molecule has 0 spiro atoms. The maximum atomic E-state index is 12.7. The van der Waals surface area contributed by atoms with Crippen LogP contribution in [0.15, 0.2) is 54.7 Å². The average Bonchev–Trinajstić information content (AvgIpc) is 3.09. The summed E-state index contributed by atoms with van der Waals surface area (Å²) in [5.41, 5.74) is 1.72. The zero-order chi connectivity index (χ0) is 19.4. The zero-order valence-electron chi connectivity index (χ0n) is 14.1. The molecule has 1 heterocycles. The molecule has 0 bridgehead atoms. The van der Waals surface area contributed by atoms with Crippen molar-refractivity contribution in [3.8, 4) is 22.6 Å². The van der Waals surface area contributed by atoms with E-state index in [1.165, 1.54) is 31.5 Å². The van der Waals surface area contributed by atoms with E-state index >= 15 is 0 Å². The number of benzene rings is 2. The summed E-state index contributed by atoms with van der Waals surface area (Å²) in [7, 11) is 1.53. The molecule has 1 aromatic heterocycles. The molecule has 0 saturated carbocycles. The highest BCUT2D eigenvalue weighted by molar-refractivity contribution is 6.31. The molecule has 0 saturated heterocycles. The first-order valence-electron chi connectivity index (χ1n) is 7.85. The van der Waals surface area contributed by atoms with Crippen LogP contribution in [0.4, 0.5) is 14.5 Å². The molecule has 8 heteroatoms. The summed E-state index contributed by atoms with van der Waals surface area (Å²) in [5.74, 6) is 0.212. The molecule has 0 aliphatic heterocycles. The molecule has 140 valence electrons. The Balaban J connectivity index is 1.93. The highest BCUT2D eigenvalue weighted by Gasteiger charge is 2.14. The third-order valence-corrected chi connectivity index (χ3v) is 3.97. The summed E-state index contributed by atoms with van der Waals surface area (Å²) in [6.07, 6.45) is 1.48. The number of hydrogen-bond donors (Lipinski definition) is 2. The van der Waals surface area contributed by atoms with Gasteiger partial charge < -0.3 is 19.8 Å². The number of aromatic amines is 1. The van der Waals surface area contributed by atoms with Crippen LogP contribution >= 0.6 is 11.6 Å². The minimum Gasteiger partial charge on any atom is -0.497 e. The lowest BCUT2D eigenvalue weighted by atomic mass is 10.0.